The van der Waals surface area contributed by atoms with E-state index in [1.54, 1.807) is 0 Å². The Kier molecular flexibility index (Phi) is 4.29. The molecule has 2 fully saturated rings. The number of sulfone groups is 1. The maximum atomic E-state index is 11.6. The molecule has 1 aliphatic heterocycles. The summed E-state index contributed by atoms with van der Waals surface area (Å²) < 4.78 is 23.2. The smallest absolute Gasteiger partial charge is 0.151 e. The second-order valence-corrected chi connectivity index (χ2v) is 8.07. The van der Waals surface area contributed by atoms with Crippen LogP contribution in [0.25, 0.3) is 0 Å². The highest BCUT2D eigenvalue weighted by atomic mass is 32.2. The summed E-state index contributed by atoms with van der Waals surface area (Å²) in [4.78, 5) is 2.26. The molecule has 4 nitrogen and oxygen atoms in total. The van der Waals surface area contributed by atoms with Crippen LogP contribution in [0.3, 0.4) is 0 Å². The number of hydrogen-bond acceptors (Lipinski definition) is 4. The topological polar surface area (TPSA) is 61.2 Å². The predicted molar refractivity (Wildman–Crippen MR) is 70.7 cm³/mol. The number of hydrogen-bond donors (Lipinski definition) is 0. The van der Waals surface area contributed by atoms with Crippen LogP contribution in [0.1, 0.15) is 32.6 Å². The molecular formula is C13H22N2O2S. The summed E-state index contributed by atoms with van der Waals surface area (Å²) in [5.41, 5.74) is 0. The summed E-state index contributed by atoms with van der Waals surface area (Å²) in [5, 5.41) is 9.26. The highest BCUT2D eigenvalue weighted by Crippen LogP contribution is 2.32. The van der Waals surface area contributed by atoms with Crippen molar-refractivity contribution in [3.8, 4) is 6.07 Å². The lowest BCUT2D eigenvalue weighted by Crippen LogP contribution is -2.45. The van der Waals surface area contributed by atoms with E-state index < -0.39 is 9.84 Å². The van der Waals surface area contributed by atoms with Crippen molar-refractivity contribution in [1.82, 2.24) is 4.90 Å². The zero-order chi connectivity index (χ0) is 13.2. The molecule has 0 bridgehead atoms. The molecule has 0 aromatic rings. The molecular weight excluding hydrogens is 248 g/mol. The van der Waals surface area contributed by atoms with Crippen molar-refractivity contribution in [3.05, 3.63) is 0 Å². The van der Waals surface area contributed by atoms with Crippen LogP contribution in [0.2, 0.25) is 0 Å². The Balaban J connectivity index is 2.07. The second kappa shape index (κ2) is 5.58. The summed E-state index contributed by atoms with van der Waals surface area (Å²) >= 11 is 0. The average Bonchev–Trinajstić information content (AvgIpc) is 2.50. The molecule has 5 heteroatoms. The van der Waals surface area contributed by atoms with E-state index in [4.69, 9.17) is 0 Å². The molecule has 0 N–H and O–H groups in total. The molecule has 18 heavy (non-hydrogen) atoms. The first-order chi connectivity index (χ1) is 8.52. The lowest BCUT2D eigenvalue weighted by molar-refractivity contribution is 0.113. The molecule has 102 valence electrons. The molecule has 3 atom stereocenters. The Hall–Kier alpha value is -0.600. The van der Waals surface area contributed by atoms with Crippen LogP contribution in [0.15, 0.2) is 0 Å². The minimum Gasteiger partial charge on any atom is -0.298 e. The van der Waals surface area contributed by atoms with E-state index in [1.807, 2.05) is 0 Å². The first-order valence-electron chi connectivity index (χ1n) is 6.86. The van der Waals surface area contributed by atoms with Crippen LogP contribution in [-0.2, 0) is 9.84 Å². The third-order valence-electron chi connectivity index (χ3n) is 4.30. The van der Waals surface area contributed by atoms with Crippen LogP contribution in [0, 0.1) is 23.2 Å². The molecule has 2 rings (SSSR count). The van der Waals surface area contributed by atoms with Gasteiger partial charge in [-0.25, -0.2) is 8.42 Å². The Morgan fingerprint density at radius 3 is 2.72 bits per heavy atom. The van der Waals surface area contributed by atoms with E-state index in [1.165, 1.54) is 0 Å². The van der Waals surface area contributed by atoms with Gasteiger partial charge in [-0.2, -0.15) is 5.26 Å². The fraction of sp³-hybridized carbons (Fsp3) is 0.923. The molecule has 1 aliphatic carbocycles. The molecule has 0 aromatic heterocycles. The van der Waals surface area contributed by atoms with Crippen molar-refractivity contribution in [2.24, 2.45) is 11.8 Å². The van der Waals surface area contributed by atoms with Crippen molar-refractivity contribution in [2.75, 3.05) is 24.6 Å². The monoisotopic (exact) mass is 270 g/mol. The van der Waals surface area contributed by atoms with Crippen molar-refractivity contribution < 1.29 is 8.42 Å². The SMILES string of the molecule is CC1CCC(C#N)C(N2CCCS(=O)(=O)CC2)C1. The zero-order valence-electron chi connectivity index (χ0n) is 11.0. The van der Waals surface area contributed by atoms with Crippen molar-refractivity contribution >= 4 is 9.84 Å². The van der Waals surface area contributed by atoms with Gasteiger partial charge in [0.1, 0.15) is 0 Å². The lowest BCUT2D eigenvalue weighted by Gasteiger charge is -2.38. The summed E-state index contributed by atoms with van der Waals surface area (Å²) in [6.45, 7) is 3.67. The van der Waals surface area contributed by atoms with E-state index in [0.717, 1.165) is 25.8 Å². The quantitative estimate of drug-likeness (QED) is 0.723. The summed E-state index contributed by atoms with van der Waals surface area (Å²) in [6, 6.07) is 2.69. The average molecular weight is 270 g/mol. The second-order valence-electron chi connectivity index (χ2n) is 5.76. The minimum atomic E-state index is -2.85. The normalized spacial score (nSPS) is 37.7. The molecule has 1 heterocycles. The third kappa shape index (κ3) is 3.24. The number of nitrogens with zero attached hydrogens (tertiary/aromatic N) is 2. The minimum absolute atomic E-state index is 0.0852. The summed E-state index contributed by atoms with van der Waals surface area (Å²) in [5.74, 6) is 1.31. The van der Waals surface area contributed by atoms with Crippen LogP contribution in [0.4, 0.5) is 0 Å². The Morgan fingerprint density at radius 2 is 2.00 bits per heavy atom. The van der Waals surface area contributed by atoms with E-state index in [2.05, 4.69) is 17.9 Å². The Labute approximate surface area is 110 Å². The molecule has 1 saturated heterocycles. The largest absolute Gasteiger partial charge is 0.298 e. The fourth-order valence-corrected chi connectivity index (χ4v) is 4.48. The molecule has 0 aromatic carbocycles. The van der Waals surface area contributed by atoms with E-state index in [9.17, 15) is 13.7 Å². The fourth-order valence-electron chi connectivity index (χ4n) is 3.19. The van der Waals surface area contributed by atoms with E-state index >= 15 is 0 Å². The predicted octanol–water partition coefficient (Wildman–Crippen LogP) is 1.44. The number of rotatable bonds is 1. The lowest BCUT2D eigenvalue weighted by atomic mass is 9.79. The van der Waals surface area contributed by atoms with Crippen LogP contribution >= 0.6 is 0 Å². The van der Waals surface area contributed by atoms with Gasteiger partial charge in [-0.3, -0.25) is 4.90 Å². The van der Waals surface area contributed by atoms with Crippen molar-refractivity contribution in [2.45, 2.75) is 38.6 Å². The van der Waals surface area contributed by atoms with Gasteiger partial charge >= 0.3 is 0 Å². The summed E-state index contributed by atoms with van der Waals surface area (Å²) in [6.07, 6.45) is 3.84. The van der Waals surface area contributed by atoms with Crippen LogP contribution in [-0.4, -0.2) is 44.0 Å². The highest BCUT2D eigenvalue weighted by Gasteiger charge is 2.34. The van der Waals surface area contributed by atoms with Gasteiger partial charge in [0.2, 0.25) is 0 Å². The van der Waals surface area contributed by atoms with Crippen molar-refractivity contribution in [1.29, 1.82) is 5.26 Å². The maximum absolute atomic E-state index is 11.6. The van der Waals surface area contributed by atoms with Gasteiger partial charge in [-0.05, 0) is 38.1 Å². The first-order valence-corrected chi connectivity index (χ1v) is 8.68. The van der Waals surface area contributed by atoms with Crippen molar-refractivity contribution in [3.63, 3.8) is 0 Å². The maximum Gasteiger partial charge on any atom is 0.151 e. The standard InChI is InChI=1S/C13H22N2O2S/c1-11-3-4-12(10-14)13(9-11)15-5-2-7-18(16,17)8-6-15/h11-13H,2-9H2,1H3. The van der Waals surface area contributed by atoms with Crippen LogP contribution in [0.5, 0.6) is 0 Å². The van der Waals surface area contributed by atoms with Gasteiger partial charge in [0, 0.05) is 12.6 Å². The molecule has 0 radical (unpaired) electrons. The van der Waals surface area contributed by atoms with Crippen LogP contribution < -0.4 is 0 Å². The van der Waals surface area contributed by atoms with E-state index in [0.29, 0.717) is 24.6 Å². The molecule has 3 unspecified atom stereocenters. The Morgan fingerprint density at radius 1 is 1.22 bits per heavy atom. The van der Waals surface area contributed by atoms with Gasteiger partial charge in [-0.1, -0.05) is 6.92 Å². The summed E-state index contributed by atoms with van der Waals surface area (Å²) in [7, 11) is -2.85. The third-order valence-corrected chi connectivity index (χ3v) is 6.02. The zero-order valence-corrected chi connectivity index (χ0v) is 11.8. The molecule has 0 amide bonds. The molecule has 0 spiro atoms. The van der Waals surface area contributed by atoms with Gasteiger partial charge in [0.05, 0.1) is 23.5 Å². The molecule has 2 aliphatic rings. The molecule has 1 saturated carbocycles. The van der Waals surface area contributed by atoms with Gasteiger partial charge in [0.25, 0.3) is 0 Å². The number of nitriles is 1. The highest BCUT2D eigenvalue weighted by molar-refractivity contribution is 7.91. The van der Waals surface area contributed by atoms with E-state index in [-0.39, 0.29) is 17.7 Å². The Bertz CT molecular complexity index is 427. The van der Waals surface area contributed by atoms with Gasteiger partial charge in [0.15, 0.2) is 9.84 Å². The van der Waals surface area contributed by atoms with Gasteiger partial charge < -0.3 is 0 Å². The first kappa shape index (κ1) is 13.8. The van der Waals surface area contributed by atoms with Gasteiger partial charge in [-0.15, -0.1) is 0 Å².